The molecule has 0 aliphatic heterocycles. The van der Waals surface area contributed by atoms with Gasteiger partial charge in [-0.2, -0.15) is 0 Å². The fourth-order valence-electron chi connectivity index (χ4n) is 2.65. The molecule has 0 aliphatic carbocycles. The smallest absolute Gasteiger partial charge is 0.220 e. The molecule has 0 saturated carbocycles. The third kappa shape index (κ3) is 23.6. The predicted octanol–water partition coefficient (Wildman–Crippen LogP) is 5.21. The van der Waals surface area contributed by atoms with Crippen LogP contribution in [0.2, 0.25) is 0 Å². The maximum absolute atomic E-state index is 11.7. The molecule has 0 rings (SSSR count). The number of primary amides is 1. The quantitative estimate of drug-likeness (QED) is 0.240. The zero-order valence-electron chi connectivity index (χ0n) is 19.6. The predicted molar refractivity (Wildman–Crippen MR) is 135 cm³/mol. The molecule has 4 N–H and O–H groups in total. The van der Waals surface area contributed by atoms with Crippen molar-refractivity contribution in [3.8, 4) is 0 Å². The number of aliphatic hydroxyl groups excluding tert-OH is 1. The molecule has 0 aromatic carbocycles. The van der Waals surface area contributed by atoms with E-state index in [9.17, 15) is 14.7 Å². The second-order valence-corrected chi connectivity index (χ2v) is 7.42. The number of allylic oxidation sites excluding steroid dienone is 12. The number of amides is 2. The van der Waals surface area contributed by atoms with Crippen molar-refractivity contribution in [2.45, 2.75) is 77.2 Å². The Bertz CT molecular complexity index is 658. The third-order valence-electron chi connectivity index (χ3n) is 4.37. The van der Waals surface area contributed by atoms with Crippen LogP contribution in [-0.4, -0.2) is 29.6 Å². The van der Waals surface area contributed by atoms with Crippen molar-refractivity contribution < 1.29 is 14.7 Å². The average Bonchev–Trinajstić information content (AvgIpc) is 2.74. The van der Waals surface area contributed by atoms with Crippen LogP contribution in [0.3, 0.4) is 0 Å². The normalized spacial score (nSPS) is 13.6. The van der Waals surface area contributed by atoms with E-state index in [2.05, 4.69) is 79.1 Å². The molecule has 5 nitrogen and oxygen atoms in total. The van der Waals surface area contributed by atoms with E-state index in [4.69, 9.17) is 5.73 Å². The standard InChI is InChI=1S/C27H42N2O3/c1-2-3-4-5-6-7-8-9-10-11-12-13-14-15-16-17-18-19-20-21-27(32)29-23-22-25(30)24-26(28)31/h3-4,6-7,9-10,12-13,15-16,18-19,25,30H,2,5,8,11,14,17,20-24H2,1H3,(H2,28,31)(H,29,32)/b4-3-,7-6-,10-9-,13-12-,16-15-,19-18-. The average molecular weight is 443 g/mol. The number of carbonyl (C=O) groups excluding carboxylic acids is 2. The van der Waals surface area contributed by atoms with Gasteiger partial charge >= 0.3 is 0 Å². The Morgan fingerprint density at radius 3 is 1.66 bits per heavy atom. The highest BCUT2D eigenvalue weighted by Gasteiger charge is 2.08. The largest absolute Gasteiger partial charge is 0.393 e. The van der Waals surface area contributed by atoms with Crippen LogP contribution in [0.1, 0.15) is 71.1 Å². The van der Waals surface area contributed by atoms with Gasteiger partial charge in [0.2, 0.25) is 11.8 Å². The van der Waals surface area contributed by atoms with E-state index in [1.807, 2.05) is 6.08 Å². The molecular formula is C27H42N2O3. The summed E-state index contributed by atoms with van der Waals surface area (Å²) >= 11 is 0. The molecule has 0 spiro atoms. The van der Waals surface area contributed by atoms with Crippen LogP contribution in [0.15, 0.2) is 72.9 Å². The summed E-state index contributed by atoms with van der Waals surface area (Å²) in [6.07, 6.45) is 32.2. The summed E-state index contributed by atoms with van der Waals surface area (Å²) in [6, 6.07) is 0. The lowest BCUT2D eigenvalue weighted by molar-refractivity contribution is -0.121. The third-order valence-corrected chi connectivity index (χ3v) is 4.37. The molecule has 0 saturated heterocycles. The van der Waals surface area contributed by atoms with Gasteiger partial charge in [0.15, 0.2) is 0 Å². The highest BCUT2D eigenvalue weighted by Crippen LogP contribution is 1.99. The fourth-order valence-corrected chi connectivity index (χ4v) is 2.65. The molecule has 0 radical (unpaired) electrons. The van der Waals surface area contributed by atoms with Crippen LogP contribution in [0.4, 0.5) is 0 Å². The molecule has 0 fully saturated rings. The first kappa shape index (κ1) is 29.3. The van der Waals surface area contributed by atoms with Crippen LogP contribution < -0.4 is 11.1 Å². The molecule has 1 atom stereocenters. The van der Waals surface area contributed by atoms with Gasteiger partial charge in [0.25, 0.3) is 0 Å². The zero-order valence-corrected chi connectivity index (χ0v) is 19.6. The van der Waals surface area contributed by atoms with Gasteiger partial charge in [-0.1, -0.05) is 79.8 Å². The fraction of sp³-hybridized carbons (Fsp3) is 0.481. The molecule has 0 aliphatic rings. The lowest BCUT2D eigenvalue weighted by atomic mass is 10.2. The van der Waals surface area contributed by atoms with Gasteiger partial charge in [-0.15, -0.1) is 0 Å². The van der Waals surface area contributed by atoms with E-state index in [1.165, 1.54) is 0 Å². The van der Waals surface area contributed by atoms with Crippen molar-refractivity contribution in [2.24, 2.45) is 5.73 Å². The van der Waals surface area contributed by atoms with Gasteiger partial charge in [-0.05, 0) is 51.4 Å². The van der Waals surface area contributed by atoms with Crippen molar-refractivity contribution in [1.82, 2.24) is 5.32 Å². The van der Waals surface area contributed by atoms with Crippen molar-refractivity contribution in [3.05, 3.63) is 72.9 Å². The van der Waals surface area contributed by atoms with Crippen LogP contribution in [0.25, 0.3) is 0 Å². The van der Waals surface area contributed by atoms with E-state index in [0.717, 1.165) is 38.5 Å². The van der Waals surface area contributed by atoms with Crippen molar-refractivity contribution in [2.75, 3.05) is 6.54 Å². The molecule has 2 amide bonds. The van der Waals surface area contributed by atoms with Crippen molar-refractivity contribution in [1.29, 1.82) is 0 Å². The summed E-state index contributed by atoms with van der Waals surface area (Å²) in [5.74, 6) is -0.600. The maximum Gasteiger partial charge on any atom is 0.220 e. The van der Waals surface area contributed by atoms with Crippen LogP contribution >= 0.6 is 0 Å². The number of carbonyl (C=O) groups is 2. The molecule has 1 unspecified atom stereocenters. The van der Waals surface area contributed by atoms with E-state index in [1.54, 1.807) is 0 Å². The SMILES string of the molecule is CC/C=C\C/C=C\C/C=C\C/C=C\C/C=C\C/C=C\CCC(=O)NCCC(O)CC(N)=O. The maximum atomic E-state index is 11.7. The lowest BCUT2D eigenvalue weighted by Crippen LogP contribution is -2.28. The monoisotopic (exact) mass is 442 g/mol. The summed E-state index contributed by atoms with van der Waals surface area (Å²) in [7, 11) is 0. The minimum absolute atomic E-state index is 0.0594. The van der Waals surface area contributed by atoms with E-state index >= 15 is 0 Å². The van der Waals surface area contributed by atoms with Gasteiger partial charge < -0.3 is 16.2 Å². The Balaban J connectivity index is 3.62. The minimum atomic E-state index is -0.795. The van der Waals surface area contributed by atoms with Crippen LogP contribution in [0.5, 0.6) is 0 Å². The number of nitrogens with one attached hydrogen (secondary N) is 1. The number of rotatable bonds is 19. The lowest BCUT2D eigenvalue weighted by Gasteiger charge is -2.08. The Kier molecular flexibility index (Phi) is 21.1. The number of hydrogen-bond donors (Lipinski definition) is 3. The molecular weight excluding hydrogens is 400 g/mol. The van der Waals surface area contributed by atoms with Gasteiger partial charge in [0.05, 0.1) is 12.5 Å². The number of hydrogen-bond acceptors (Lipinski definition) is 3. The molecule has 0 aromatic heterocycles. The van der Waals surface area contributed by atoms with Crippen LogP contribution in [-0.2, 0) is 9.59 Å². The zero-order chi connectivity index (χ0) is 23.7. The Labute approximate surface area is 194 Å². The summed E-state index contributed by atoms with van der Waals surface area (Å²) in [5, 5.41) is 12.2. The number of nitrogens with two attached hydrogens (primary N) is 1. The van der Waals surface area contributed by atoms with E-state index in [-0.39, 0.29) is 12.3 Å². The van der Waals surface area contributed by atoms with E-state index < -0.39 is 12.0 Å². The molecule has 178 valence electrons. The Morgan fingerprint density at radius 1 is 0.781 bits per heavy atom. The second kappa shape index (κ2) is 23.0. The van der Waals surface area contributed by atoms with Crippen LogP contribution in [0, 0.1) is 0 Å². The second-order valence-electron chi connectivity index (χ2n) is 7.42. The Hall–Kier alpha value is -2.66. The topological polar surface area (TPSA) is 92.4 Å². The molecule has 0 aromatic rings. The van der Waals surface area contributed by atoms with Crippen molar-refractivity contribution in [3.63, 3.8) is 0 Å². The number of aliphatic hydroxyl groups is 1. The van der Waals surface area contributed by atoms with Gasteiger partial charge in [-0.25, -0.2) is 0 Å². The summed E-state index contributed by atoms with van der Waals surface area (Å²) < 4.78 is 0. The molecule has 32 heavy (non-hydrogen) atoms. The molecule has 0 heterocycles. The molecule has 0 bridgehead atoms. The summed E-state index contributed by atoms with van der Waals surface area (Å²) in [5.41, 5.74) is 5.00. The minimum Gasteiger partial charge on any atom is -0.393 e. The van der Waals surface area contributed by atoms with Gasteiger partial charge in [0.1, 0.15) is 0 Å². The summed E-state index contributed by atoms with van der Waals surface area (Å²) in [4.78, 5) is 22.3. The van der Waals surface area contributed by atoms with Crippen molar-refractivity contribution >= 4 is 11.8 Å². The first-order valence-corrected chi connectivity index (χ1v) is 11.7. The van der Waals surface area contributed by atoms with E-state index in [0.29, 0.717) is 25.8 Å². The highest BCUT2D eigenvalue weighted by molar-refractivity contribution is 5.76. The highest BCUT2D eigenvalue weighted by atomic mass is 16.3. The molecule has 5 heteroatoms. The summed E-state index contributed by atoms with van der Waals surface area (Å²) in [6.45, 7) is 2.49. The first-order chi connectivity index (χ1) is 15.6. The van der Waals surface area contributed by atoms with Gasteiger partial charge in [0, 0.05) is 13.0 Å². The van der Waals surface area contributed by atoms with Gasteiger partial charge in [-0.3, -0.25) is 9.59 Å². The Morgan fingerprint density at radius 2 is 1.22 bits per heavy atom. The first-order valence-electron chi connectivity index (χ1n) is 11.7.